The molecule has 8 heteroatoms. The minimum absolute atomic E-state index is 0.231. The Balaban J connectivity index is 1.88. The van der Waals surface area contributed by atoms with Crippen molar-refractivity contribution in [2.75, 3.05) is 11.9 Å². The second-order valence-electron chi connectivity index (χ2n) is 5.03. The molecule has 134 valence electrons. The molecule has 2 aromatic rings. The predicted octanol–water partition coefficient (Wildman–Crippen LogP) is 4.93. The lowest BCUT2D eigenvalue weighted by molar-refractivity contribution is -0.274. The molecule has 0 aromatic heterocycles. The van der Waals surface area contributed by atoms with Crippen molar-refractivity contribution in [3.05, 3.63) is 52.5 Å². The van der Waals surface area contributed by atoms with Gasteiger partial charge in [-0.2, -0.15) is 0 Å². The monoisotopic (exact) mass is 417 g/mol. The van der Waals surface area contributed by atoms with Gasteiger partial charge in [-0.3, -0.25) is 4.79 Å². The Bertz CT molecular complexity index is 733. The van der Waals surface area contributed by atoms with Crippen molar-refractivity contribution < 1.29 is 27.4 Å². The van der Waals surface area contributed by atoms with Crippen molar-refractivity contribution in [1.82, 2.24) is 0 Å². The molecule has 0 saturated heterocycles. The molecule has 4 nitrogen and oxygen atoms in total. The Morgan fingerprint density at radius 2 is 1.84 bits per heavy atom. The predicted molar refractivity (Wildman–Crippen MR) is 90.8 cm³/mol. The van der Waals surface area contributed by atoms with Crippen molar-refractivity contribution >= 4 is 27.5 Å². The second-order valence-corrected chi connectivity index (χ2v) is 5.88. The Labute approximate surface area is 151 Å². The van der Waals surface area contributed by atoms with Gasteiger partial charge in [-0.05, 0) is 64.3 Å². The molecule has 0 aliphatic rings. The number of halogens is 4. The lowest BCUT2D eigenvalue weighted by Gasteiger charge is -2.11. The smallest absolute Gasteiger partial charge is 0.483 e. The van der Waals surface area contributed by atoms with Crippen molar-refractivity contribution in [1.29, 1.82) is 0 Å². The molecule has 0 aliphatic heterocycles. The summed E-state index contributed by atoms with van der Waals surface area (Å²) in [6.07, 6.45) is -3.87. The number of amides is 1. The summed E-state index contributed by atoms with van der Waals surface area (Å²) in [5, 5.41) is 2.53. The first-order valence-corrected chi connectivity index (χ1v) is 8.13. The highest BCUT2D eigenvalue weighted by Gasteiger charge is 2.30. The molecule has 0 unspecified atom stereocenters. The molecular weight excluding hydrogens is 403 g/mol. The van der Waals surface area contributed by atoms with E-state index < -0.39 is 12.3 Å². The van der Waals surface area contributed by atoms with Crippen LogP contribution in [0.15, 0.2) is 46.9 Å². The van der Waals surface area contributed by atoms with Gasteiger partial charge in [0.2, 0.25) is 0 Å². The van der Waals surface area contributed by atoms with E-state index >= 15 is 0 Å². The number of benzene rings is 2. The normalized spacial score (nSPS) is 11.1. The van der Waals surface area contributed by atoms with Gasteiger partial charge in [0.1, 0.15) is 11.5 Å². The summed E-state index contributed by atoms with van der Waals surface area (Å²) >= 11 is 3.37. The molecule has 0 spiro atoms. The number of aryl methyl sites for hydroxylation is 1. The fourth-order valence-corrected chi connectivity index (χ4v) is 2.50. The summed E-state index contributed by atoms with van der Waals surface area (Å²) in [4.78, 5) is 11.9. The molecule has 0 heterocycles. The molecule has 0 atom stereocenters. The van der Waals surface area contributed by atoms with E-state index in [4.69, 9.17) is 4.74 Å². The molecule has 2 aromatic carbocycles. The Kier molecular flexibility index (Phi) is 6.30. The van der Waals surface area contributed by atoms with Crippen LogP contribution in [-0.4, -0.2) is 18.9 Å². The van der Waals surface area contributed by atoms with Crippen LogP contribution in [0.4, 0.5) is 18.9 Å². The van der Waals surface area contributed by atoms with Crippen LogP contribution in [0.3, 0.4) is 0 Å². The molecule has 25 heavy (non-hydrogen) atoms. The average molecular weight is 418 g/mol. The topological polar surface area (TPSA) is 47.6 Å². The third-order valence-electron chi connectivity index (χ3n) is 3.13. The minimum atomic E-state index is -4.75. The second kappa shape index (κ2) is 8.24. The minimum Gasteiger partial charge on any atom is -0.483 e. The maximum Gasteiger partial charge on any atom is 0.573 e. The SMILES string of the molecule is CCc1ccc(OCC(=O)Nc2ccc(OC(F)(F)F)cc2)c(Br)c1. The van der Waals surface area contributed by atoms with E-state index in [1.165, 1.54) is 12.1 Å². The summed E-state index contributed by atoms with van der Waals surface area (Å²) in [5.41, 5.74) is 1.47. The van der Waals surface area contributed by atoms with Gasteiger partial charge in [-0.25, -0.2) is 0 Å². The molecule has 0 aliphatic carbocycles. The number of carbonyl (C=O) groups is 1. The zero-order valence-corrected chi connectivity index (χ0v) is 14.8. The van der Waals surface area contributed by atoms with Crippen LogP contribution < -0.4 is 14.8 Å². The van der Waals surface area contributed by atoms with E-state index in [-0.39, 0.29) is 12.4 Å². The van der Waals surface area contributed by atoms with Gasteiger partial charge < -0.3 is 14.8 Å². The maximum absolute atomic E-state index is 12.1. The summed E-state index contributed by atoms with van der Waals surface area (Å²) in [7, 11) is 0. The molecular formula is C17H15BrF3NO3. The fourth-order valence-electron chi connectivity index (χ4n) is 1.96. The maximum atomic E-state index is 12.1. The van der Waals surface area contributed by atoms with E-state index in [2.05, 4.69) is 26.0 Å². The summed E-state index contributed by atoms with van der Waals surface area (Å²) in [6, 6.07) is 10.4. The first kappa shape index (κ1) is 19.1. The van der Waals surface area contributed by atoms with Crippen LogP contribution in [0.1, 0.15) is 12.5 Å². The van der Waals surface area contributed by atoms with Gasteiger partial charge in [0.25, 0.3) is 5.91 Å². The van der Waals surface area contributed by atoms with E-state index in [0.29, 0.717) is 11.4 Å². The number of rotatable bonds is 6. The standard InChI is InChI=1S/C17H15BrF3NO3/c1-2-11-3-8-15(14(18)9-11)24-10-16(23)22-12-4-6-13(7-5-12)25-17(19,20)21/h3-9H,2,10H2,1H3,(H,22,23). The number of alkyl halides is 3. The Morgan fingerprint density at radius 3 is 2.40 bits per heavy atom. The molecule has 2 rings (SSSR count). The average Bonchev–Trinajstić information content (AvgIpc) is 2.54. The molecule has 1 N–H and O–H groups in total. The van der Waals surface area contributed by atoms with Crippen LogP contribution in [-0.2, 0) is 11.2 Å². The summed E-state index contributed by atoms with van der Waals surface area (Å²) < 4.78 is 46.2. The largest absolute Gasteiger partial charge is 0.573 e. The van der Waals surface area contributed by atoms with Crippen molar-refractivity contribution in [2.24, 2.45) is 0 Å². The van der Waals surface area contributed by atoms with Gasteiger partial charge in [0, 0.05) is 5.69 Å². The number of ether oxygens (including phenoxy) is 2. The number of hydrogen-bond acceptors (Lipinski definition) is 3. The van der Waals surface area contributed by atoms with E-state index in [9.17, 15) is 18.0 Å². The van der Waals surface area contributed by atoms with Gasteiger partial charge in [-0.15, -0.1) is 13.2 Å². The summed E-state index contributed by atoms with van der Waals surface area (Å²) in [6.45, 7) is 1.80. The van der Waals surface area contributed by atoms with Crippen molar-refractivity contribution in [2.45, 2.75) is 19.7 Å². The van der Waals surface area contributed by atoms with Gasteiger partial charge in [0.05, 0.1) is 4.47 Å². The van der Waals surface area contributed by atoms with E-state index in [1.54, 1.807) is 6.07 Å². The molecule has 0 fully saturated rings. The lowest BCUT2D eigenvalue weighted by Crippen LogP contribution is -2.20. The highest BCUT2D eigenvalue weighted by atomic mass is 79.9. The Hall–Kier alpha value is -2.22. The molecule has 0 radical (unpaired) electrons. The van der Waals surface area contributed by atoms with Crippen LogP contribution in [0.2, 0.25) is 0 Å². The molecule has 0 saturated carbocycles. The zero-order chi connectivity index (χ0) is 18.4. The number of nitrogens with one attached hydrogen (secondary N) is 1. The highest BCUT2D eigenvalue weighted by Crippen LogP contribution is 2.26. The van der Waals surface area contributed by atoms with Gasteiger partial charge >= 0.3 is 6.36 Å². The highest BCUT2D eigenvalue weighted by molar-refractivity contribution is 9.10. The zero-order valence-electron chi connectivity index (χ0n) is 13.2. The van der Waals surface area contributed by atoms with E-state index in [1.807, 2.05) is 19.1 Å². The lowest BCUT2D eigenvalue weighted by atomic mass is 10.2. The third kappa shape index (κ3) is 6.30. The van der Waals surface area contributed by atoms with Crippen LogP contribution in [0.25, 0.3) is 0 Å². The van der Waals surface area contributed by atoms with Gasteiger partial charge in [-0.1, -0.05) is 13.0 Å². The number of hydrogen-bond donors (Lipinski definition) is 1. The first-order chi connectivity index (χ1) is 11.8. The van der Waals surface area contributed by atoms with Crippen LogP contribution in [0.5, 0.6) is 11.5 Å². The number of anilines is 1. The van der Waals surface area contributed by atoms with E-state index in [0.717, 1.165) is 28.6 Å². The Morgan fingerprint density at radius 1 is 1.16 bits per heavy atom. The van der Waals surface area contributed by atoms with Crippen molar-refractivity contribution in [3.63, 3.8) is 0 Å². The number of carbonyl (C=O) groups excluding carboxylic acids is 1. The van der Waals surface area contributed by atoms with Crippen LogP contribution >= 0.6 is 15.9 Å². The molecule has 0 bridgehead atoms. The van der Waals surface area contributed by atoms with Crippen LogP contribution in [0, 0.1) is 0 Å². The quantitative estimate of drug-likeness (QED) is 0.724. The van der Waals surface area contributed by atoms with Crippen molar-refractivity contribution in [3.8, 4) is 11.5 Å². The fraction of sp³-hybridized carbons (Fsp3) is 0.235. The summed E-state index contributed by atoms with van der Waals surface area (Å²) in [5.74, 6) is -0.265. The first-order valence-electron chi connectivity index (χ1n) is 7.33. The third-order valence-corrected chi connectivity index (χ3v) is 3.75. The van der Waals surface area contributed by atoms with Gasteiger partial charge in [0.15, 0.2) is 6.61 Å². The molecule has 1 amide bonds.